The second kappa shape index (κ2) is 9.80. The monoisotopic (exact) mass is 483 g/mol. The van der Waals surface area contributed by atoms with Crippen LogP contribution in [-0.4, -0.2) is 40.8 Å². The van der Waals surface area contributed by atoms with Crippen LogP contribution in [0, 0.1) is 0 Å². The van der Waals surface area contributed by atoms with Gasteiger partial charge in [0, 0.05) is 50.1 Å². The standard InChI is InChI=1S/C28H29N5OS/c1-31(2)21-11-13-22(14-12-21)32-18-6-8-25(32)27-26(24-7-4-5-17-29-24)30-28(35)33(27)19-20-9-15-23(34-3)16-10-20/h4-18,26-27H,19H2,1-3H3,(H,30,35)/t26-,27+/m0/s1. The lowest BCUT2D eigenvalue weighted by molar-refractivity contribution is 0.302. The molecule has 35 heavy (non-hydrogen) atoms. The van der Waals surface area contributed by atoms with Crippen molar-refractivity contribution in [2.45, 2.75) is 18.6 Å². The molecule has 1 saturated heterocycles. The van der Waals surface area contributed by atoms with Crippen LogP contribution in [0.5, 0.6) is 5.75 Å². The van der Waals surface area contributed by atoms with Crippen LogP contribution in [0.3, 0.4) is 0 Å². The van der Waals surface area contributed by atoms with E-state index in [-0.39, 0.29) is 12.1 Å². The molecule has 3 heterocycles. The van der Waals surface area contributed by atoms with Crippen LogP contribution in [0.25, 0.3) is 5.69 Å². The van der Waals surface area contributed by atoms with Gasteiger partial charge < -0.3 is 24.4 Å². The molecule has 2 aromatic heterocycles. The number of nitrogens with zero attached hydrogens (tertiary/aromatic N) is 4. The lowest BCUT2D eigenvalue weighted by atomic mass is 10.0. The van der Waals surface area contributed by atoms with Gasteiger partial charge in [0.15, 0.2) is 5.11 Å². The lowest BCUT2D eigenvalue weighted by Crippen LogP contribution is -2.30. The minimum atomic E-state index is -0.0725. The SMILES string of the molecule is COc1ccc(CN2C(=S)N[C@@H](c3ccccn3)[C@H]2c2cccn2-c2ccc(N(C)C)cc2)cc1. The van der Waals surface area contributed by atoms with Gasteiger partial charge in [0.25, 0.3) is 0 Å². The summed E-state index contributed by atoms with van der Waals surface area (Å²) in [6, 6.07) is 26.9. The number of rotatable bonds is 7. The van der Waals surface area contributed by atoms with E-state index in [0.717, 1.165) is 33.5 Å². The van der Waals surface area contributed by atoms with Gasteiger partial charge in [-0.1, -0.05) is 18.2 Å². The highest BCUT2D eigenvalue weighted by atomic mass is 32.1. The van der Waals surface area contributed by atoms with Crippen LogP contribution in [0.15, 0.2) is 91.3 Å². The second-order valence-electron chi connectivity index (χ2n) is 8.82. The van der Waals surface area contributed by atoms with Gasteiger partial charge in [-0.15, -0.1) is 0 Å². The molecule has 0 bridgehead atoms. The molecule has 2 atom stereocenters. The molecule has 0 amide bonds. The van der Waals surface area contributed by atoms with Crippen LogP contribution in [0.1, 0.15) is 29.0 Å². The zero-order chi connectivity index (χ0) is 24.4. The summed E-state index contributed by atoms with van der Waals surface area (Å²) in [5, 5.41) is 4.27. The van der Waals surface area contributed by atoms with E-state index >= 15 is 0 Å². The maximum absolute atomic E-state index is 5.87. The minimum absolute atomic E-state index is 0.0389. The highest BCUT2D eigenvalue weighted by Gasteiger charge is 2.41. The smallest absolute Gasteiger partial charge is 0.170 e. The van der Waals surface area contributed by atoms with Crippen LogP contribution in [-0.2, 0) is 6.54 Å². The fraction of sp³-hybridized carbons (Fsp3) is 0.214. The fourth-order valence-electron chi connectivity index (χ4n) is 4.61. The maximum atomic E-state index is 5.87. The number of benzene rings is 2. The molecular weight excluding hydrogens is 454 g/mol. The highest BCUT2D eigenvalue weighted by Crippen LogP contribution is 2.40. The molecule has 0 saturated carbocycles. The zero-order valence-electron chi connectivity index (χ0n) is 20.1. The molecule has 2 aromatic carbocycles. The van der Waals surface area contributed by atoms with Gasteiger partial charge in [-0.3, -0.25) is 4.98 Å². The molecule has 4 aromatic rings. The van der Waals surface area contributed by atoms with Crippen molar-refractivity contribution < 1.29 is 4.74 Å². The summed E-state index contributed by atoms with van der Waals surface area (Å²) < 4.78 is 7.58. The maximum Gasteiger partial charge on any atom is 0.170 e. The van der Waals surface area contributed by atoms with Crippen molar-refractivity contribution in [1.82, 2.24) is 19.8 Å². The van der Waals surface area contributed by atoms with Crippen molar-refractivity contribution >= 4 is 23.0 Å². The Morgan fingerprint density at radius 2 is 1.74 bits per heavy atom. The van der Waals surface area contributed by atoms with E-state index in [9.17, 15) is 0 Å². The number of ether oxygens (including phenoxy) is 1. The molecule has 1 aliphatic rings. The molecule has 1 N–H and O–H groups in total. The molecule has 5 rings (SSSR count). The number of aromatic nitrogens is 2. The molecule has 0 unspecified atom stereocenters. The van der Waals surface area contributed by atoms with Gasteiger partial charge in [-0.25, -0.2) is 0 Å². The Morgan fingerprint density at radius 1 is 0.971 bits per heavy atom. The Balaban J connectivity index is 1.55. The van der Waals surface area contributed by atoms with Crippen molar-refractivity contribution in [1.29, 1.82) is 0 Å². The summed E-state index contributed by atoms with van der Waals surface area (Å²) in [6.45, 7) is 0.675. The van der Waals surface area contributed by atoms with E-state index < -0.39 is 0 Å². The summed E-state index contributed by atoms with van der Waals surface area (Å²) in [5.74, 6) is 0.842. The Bertz CT molecular complexity index is 1290. The van der Waals surface area contributed by atoms with E-state index in [4.69, 9.17) is 17.0 Å². The van der Waals surface area contributed by atoms with Crippen molar-refractivity contribution in [3.05, 3.63) is 108 Å². The van der Waals surface area contributed by atoms with E-state index in [1.165, 1.54) is 5.69 Å². The molecule has 0 aliphatic carbocycles. The summed E-state index contributed by atoms with van der Waals surface area (Å²) in [6.07, 6.45) is 3.95. The van der Waals surface area contributed by atoms with E-state index in [1.807, 2.05) is 30.5 Å². The first-order chi connectivity index (χ1) is 17.0. The Hall–Kier alpha value is -3.84. The Labute approximate surface area is 211 Å². The van der Waals surface area contributed by atoms with Crippen molar-refractivity contribution in [3.8, 4) is 11.4 Å². The van der Waals surface area contributed by atoms with Crippen LogP contribution >= 0.6 is 12.2 Å². The number of methoxy groups -OCH3 is 1. The van der Waals surface area contributed by atoms with Gasteiger partial charge in [0.2, 0.25) is 0 Å². The van der Waals surface area contributed by atoms with Crippen molar-refractivity contribution in [2.75, 3.05) is 26.1 Å². The summed E-state index contributed by atoms with van der Waals surface area (Å²) in [7, 11) is 5.78. The normalized spacial score (nSPS) is 17.3. The van der Waals surface area contributed by atoms with E-state index in [2.05, 4.69) is 99.6 Å². The number of pyridine rings is 1. The lowest BCUT2D eigenvalue weighted by Gasteiger charge is -2.29. The number of nitrogens with one attached hydrogen (secondary N) is 1. The van der Waals surface area contributed by atoms with Gasteiger partial charge in [-0.2, -0.15) is 0 Å². The Kier molecular flexibility index (Phi) is 6.42. The predicted octanol–water partition coefficient (Wildman–Crippen LogP) is 5.12. The van der Waals surface area contributed by atoms with Crippen molar-refractivity contribution in [2.24, 2.45) is 0 Å². The molecule has 7 heteroatoms. The number of hydrogen-bond acceptors (Lipinski definition) is 4. The fourth-order valence-corrected chi connectivity index (χ4v) is 4.91. The second-order valence-corrected chi connectivity index (χ2v) is 9.20. The van der Waals surface area contributed by atoms with Gasteiger partial charge in [-0.05, 0) is 78.4 Å². The molecule has 178 valence electrons. The number of anilines is 1. The summed E-state index contributed by atoms with van der Waals surface area (Å²) in [4.78, 5) is 9.04. The molecule has 0 radical (unpaired) electrons. The van der Waals surface area contributed by atoms with E-state index in [0.29, 0.717) is 6.54 Å². The molecule has 0 spiro atoms. The quantitative estimate of drug-likeness (QED) is 0.368. The number of hydrogen-bond donors (Lipinski definition) is 1. The van der Waals surface area contributed by atoms with Gasteiger partial charge in [0.05, 0.1) is 24.9 Å². The zero-order valence-corrected chi connectivity index (χ0v) is 20.9. The summed E-state index contributed by atoms with van der Waals surface area (Å²) in [5.41, 5.74) is 5.55. The molecule has 6 nitrogen and oxygen atoms in total. The topological polar surface area (TPSA) is 45.6 Å². The molecule has 1 fully saturated rings. The van der Waals surface area contributed by atoms with Gasteiger partial charge >= 0.3 is 0 Å². The van der Waals surface area contributed by atoms with Crippen LogP contribution in [0.4, 0.5) is 5.69 Å². The minimum Gasteiger partial charge on any atom is -0.497 e. The average Bonchev–Trinajstić information content (AvgIpc) is 3.49. The predicted molar refractivity (Wildman–Crippen MR) is 144 cm³/mol. The molecule has 1 aliphatic heterocycles. The highest BCUT2D eigenvalue weighted by molar-refractivity contribution is 7.80. The van der Waals surface area contributed by atoms with Gasteiger partial charge in [0.1, 0.15) is 5.75 Å². The third-order valence-corrected chi connectivity index (χ3v) is 6.79. The largest absolute Gasteiger partial charge is 0.497 e. The number of thiocarbonyl (C=S) groups is 1. The Morgan fingerprint density at radius 3 is 2.40 bits per heavy atom. The molecular formula is C28H29N5OS. The van der Waals surface area contributed by atoms with Crippen molar-refractivity contribution in [3.63, 3.8) is 0 Å². The first kappa shape index (κ1) is 22.9. The third-order valence-electron chi connectivity index (χ3n) is 6.44. The summed E-state index contributed by atoms with van der Waals surface area (Å²) >= 11 is 5.87. The average molecular weight is 484 g/mol. The van der Waals surface area contributed by atoms with Crippen LogP contribution < -0.4 is 15.0 Å². The first-order valence-corrected chi connectivity index (χ1v) is 12.0. The van der Waals surface area contributed by atoms with E-state index in [1.54, 1.807) is 7.11 Å². The first-order valence-electron chi connectivity index (χ1n) is 11.6. The third kappa shape index (κ3) is 4.59. The van der Waals surface area contributed by atoms with Crippen LogP contribution in [0.2, 0.25) is 0 Å².